The number of nitrogen functional groups attached to an aromatic ring is 1. The van der Waals surface area contributed by atoms with Crippen LogP contribution in [0.5, 0.6) is 5.75 Å². The number of halogens is 3. The zero-order chi connectivity index (χ0) is 25.9. The molecule has 3 heterocycles. The topological polar surface area (TPSA) is 89.3 Å². The summed E-state index contributed by atoms with van der Waals surface area (Å²) >= 11 is 12.6. The number of H-pyrrole nitrogens is 1. The third-order valence-electron chi connectivity index (χ3n) is 6.35. The molecule has 192 valence electrons. The molecule has 0 bridgehead atoms. The highest BCUT2D eigenvalue weighted by Gasteiger charge is 2.17. The predicted octanol–water partition coefficient (Wildman–Crippen LogP) is 6.13. The molecule has 0 saturated carbocycles. The first-order valence-electron chi connectivity index (χ1n) is 11.9. The minimum Gasteiger partial charge on any atom is -0.486 e. The fraction of sp³-hybridized carbons (Fsp3) is 0.259. The minimum absolute atomic E-state index is 0.336. The van der Waals surface area contributed by atoms with E-state index in [4.69, 9.17) is 38.4 Å². The first-order valence-corrected chi connectivity index (χ1v) is 12.6. The Morgan fingerprint density at radius 2 is 1.92 bits per heavy atom. The first kappa shape index (κ1) is 25.5. The predicted molar refractivity (Wildman–Crippen MR) is 145 cm³/mol. The van der Waals surface area contributed by atoms with Crippen LogP contribution in [0.4, 0.5) is 10.1 Å². The van der Waals surface area contributed by atoms with E-state index in [0.29, 0.717) is 58.1 Å². The molecule has 1 aliphatic heterocycles. The van der Waals surface area contributed by atoms with E-state index < -0.39 is 6.10 Å². The van der Waals surface area contributed by atoms with Gasteiger partial charge in [0.1, 0.15) is 17.7 Å². The van der Waals surface area contributed by atoms with Gasteiger partial charge in [-0.2, -0.15) is 5.10 Å². The summed E-state index contributed by atoms with van der Waals surface area (Å²) in [5.41, 5.74) is 10.1. The molecule has 1 fully saturated rings. The molecule has 10 heteroatoms. The Hall–Kier alpha value is -3.17. The average molecular weight is 542 g/mol. The number of nitrogens with one attached hydrogen (secondary N) is 1. The lowest BCUT2D eigenvalue weighted by Gasteiger charge is -2.27. The second-order valence-electron chi connectivity index (χ2n) is 8.89. The summed E-state index contributed by atoms with van der Waals surface area (Å²) in [7, 11) is 0. The quantitative estimate of drug-likeness (QED) is 0.273. The van der Waals surface area contributed by atoms with E-state index in [2.05, 4.69) is 20.1 Å². The number of fused-ring (bicyclic) bond motifs is 1. The average Bonchev–Trinajstić information content (AvgIpc) is 3.28. The van der Waals surface area contributed by atoms with Crippen molar-refractivity contribution in [3.63, 3.8) is 0 Å². The van der Waals surface area contributed by atoms with Crippen molar-refractivity contribution in [2.75, 3.05) is 32.0 Å². The summed E-state index contributed by atoms with van der Waals surface area (Å²) in [5.74, 6) is 0.278. The molecule has 37 heavy (non-hydrogen) atoms. The molecular formula is C27H26Cl2FN5O2. The molecule has 1 atom stereocenters. The first-order chi connectivity index (χ1) is 17.9. The molecule has 5 rings (SSSR count). The highest BCUT2D eigenvalue weighted by atomic mass is 35.5. The van der Waals surface area contributed by atoms with Gasteiger partial charge in [0, 0.05) is 54.2 Å². The summed E-state index contributed by atoms with van der Waals surface area (Å²) in [6, 6.07) is 8.75. The van der Waals surface area contributed by atoms with Gasteiger partial charge < -0.3 is 15.2 Å². The van der Waals surface area contributed by atoms with Crippen LogP contribution < -0.4 is 10.5 Å². The molecule has 3 N–H and O–H groups in total. The summed E-state index contributed by atoms with van der Waals surface area (Å²) in [6.07, 6.45) is 6.09. The molecule has 0 radical (unpaired) electrons. The Labute approximate surface area is 224 Å². The van der Waals surface area contributed by atoms with Crippen molar-refractivity contribution < 1.29 is 13.9 Å². The second-order valence-corrected chi connectivity index (χ2v) is 9.70. The lowest BCUT2D eigenvalue weighted by Crippen LogP contribution is -2.35. The van der Waals surface area contributed by atoms with Crippen LogP contribution in [0.3, 0.4) is 0 Å². The van der Waals surface area contributed by atoms with Gasteiger partial charge in [0.05, 0.1) is 34.5 Å². The van der Waals surface area contributed by atoms with Crippen molar-refractivity contribution in [1.82, 2.24) is 20.1 Å². The molecule has 1 unspecified atom stereocenters. The van der Waals surface area contributed by atoms with Crippen LogP contribution in [0.25, 0.3) is 23.1 Å². The van der Waals surface area contributed by atoms with Crippen molar-refractivity contribution in [3.8, 4) is 5.75 Å². The monoisotopic (exact) mass is 541 g/mol. The third kappa shape index (κ3) is 5.72. The fourth-order valence-corrected chi connectivity index (χ4v) is 5.04. The number of rotatable bonds is 7. The van der Waals surface area contributed by atoms with Gasteiger partial charge in [0.2, 0.25) is 0 Å². The second kappa shape index (κ2) is 11.1. The normalized spacial score (nSPS) is 15.5. The third-order valence-corrected chi connectivity index (χ3v) is 6.95. The Morgan fingerprint density at radius 1 is 1.16 bits per heavy atom. The smallest absolute Gasteiger partial charge is 0.130 e. The number of ether oxygens (including phenoxy) is 2. The van der Waals surface area contributed by atoms with Gasteiger partial charge in [0.15, 0.2) is 0 Å². The van der Waals surface area contributed by atoms with E-state index in [1.165, 1.54) is 18.5 Å². The molecule has 1 aliphatic rings. The van der Waals surface area contributed by atoms with E-state index in [-0.39, 0.29) is 5.82 Å². The van der Waals surface area contributed by atoms with Gasteiger partial charge in [-0.05, 0) is 55.0 Å². The number of anilines is 1. The van der Waals surface area contributed by atoms with Crippen LogP contribution >= 0.6 is 23.2 Å². The zero-order valence-corrected chi connectivity index (χ0v) is 21.7. The van der Waals surface area contributed by atoms with Crippen LogP contribution in [0.1, 0.15) is 35.4 Å². The van der Waals surface area contributed by atoms with Gasteiger partial charge in [-0.3, -0.25) is 15.0 Å². The van der Waals surface area contributed by atoms with Gasteiger partial charge in [0.25, 0.3) is 0 Å². The van der Waals surface area contributed by atoms with Crippen LogP contribution in [0, 0.1) is 5.82 Å². The van der Waals surface area contributed by atoms with Gasteiger partial charge in [-0.1, -0.05) is 23.2 Å². The molecule has 7 nitrogen and oxygen atoms in total. The molecule has 4 aromatic rings. The molecule has 2 aromatic carbocycles. The van der Waals surface area contributed by atoms with Gasteiger partial charge in [-0.25, -0.2) is 4.39 Å². The minimum atomic E-state index is -0.403. The summed E-state index contributed by atoms with van der Waals surface area (Å²) in [5, 5.41) is 9.06. The van der Waals surface area contributed by atoms with Crippen molar-refractivity contribution in [3.05, 3.63) is 81.0 Å². The van der Waals surface area contributed by atoms with E-state index in [1.807, 2.05) is 25.1 Å². The number of nitrogens with zero attached hydrogens (tertiary/aromatic N) is 3. The van der Waals surface area contributed by atoms with Crippen LogP contribution in [0.15, 0.2) is 42.7 Å². The molecule has 0 amide bonds. The van der Waals surface area contributed by atoms with Gasteiger partial charge >= 0.3 is 0 Å². The molecule has 2 aromatic heterocycles. The number of aromatic nitrogens is 3. The molecule has 0 spiro atoms. The van der Waals surface area contributed by atoms with Crippen LogP contribution in [0.2, 0.25) is 10.0 Å². The Balaban J connectivity index is 1.35. The maximum absolute atomic E-state index is 14.9. The highest BCUT2D eigenvalue weighted by Crippen LogP contribution is 2.33. The number of aromatic amines is 1. The van der Waals surface area contributed by atoms with E-state index in [1.54, 1.807) is 18.2 Å². The number of pyridine rings is 1. The lowest BCUT2D eigenvalue weighted by atomic mass is 10.1. The van der Waals surface area contributed by atoms with Crippen molar-refractivity contribution >= 4 is 51.9 Å². The van der Waals surface area contributed by atoms with Crippen LogP contribution in [-0.2, 0) is 11.3 Å². The number of hydrogen-bond donors (Lipinski definition) is 2. The Morgan fingerprint density at radius 3 is 2.68 bits per heavy atom. The Kier molecular flexibility index (Phi) is 7.62. The number of nitrogens with two attached hydrogens (primary N) is 1. The summed E-state index contributed by atoms with van der Waals surface area (Å²) in [6.45, 7) is 5.43. The van der Waals surface area contributed by atoms with Crippen molar-refractivity contribution in [1.29, 1.82) is 0 Å². The van der Waals surface area contributed by atoms with E-state index in [9.17, 15) is 4.39 Å². The maximum Gasteiger partial charge on any atom is 0.130 e. The zero-order valence-electron chi connectivity index (χ0n) is 20.2. The molecule has 1 saturated heterocycles. The van der Waals surface area contributed by atoms with E-state index >= 15 is 0 Å². The molecule has 0 aliphatic carbocycles. The van der Waals surface area contributed by atoms with Gasteiger partial charge in [-0.15, -0.1) is 0 Å². The summed E-state index contributed by atoms with van der Waals surface area (Å²) in [4.78, 5) is 6.19. The Bertz CT molecular complexity index is 1430. The number of benzene rings is 2. The number of hydrogen-bond acceptors (Lipinski definition) is 6. The van der Waals surface area contributed by atoms with Crippen LogP contribution in [-0.4, -0.2) is 46.4 Å². The lowest BCUT2D eigenvalue weighted by molar-refractivity contribution is 0.0342. The van der Waals surface area contributed by atoms with Crippen molar-refractivity contribution in [2.45, 2.75) is 19.6 Å². The van der Waals surface area contributed by atoms with E-state index in [0.717, 1.165) is 29.6 Å². The standard InChI is InChI=1S/C27H26Cl2FN5O2/c1-16(27-21(28)13-32-14-22(27)29)37-19-3-5-26-20(12-19)25(33-34-26)4-2-17-11-24(31)18(10-23(17)30)15-35-6-8-36-9-7-35/h2-5,10-14,16H,6-9,15,31H2,1H3,(H,33,34)/b4-2+. The van der Waals surface area contributed by atoms with Crippen molar-refractivity contribution in [2.24, 2.45) is 0 Å². The fourth-order valence-electron chi connectivity index (χ4n) is 4.37. The number of morpholine rings is 1. The summed E-state index contributed by atoms with van der Waals surface area (Å²) < 4.78 is 26.4. The molecular weight excluding hydrogens is 516 g/mol. The highest BCUT2D eigenvalue weighted by molar-refractivity contribution is 6.35. The largest absolute Gasteiger partial charge is 0.486 e. The SMILES string of the molecule is CC(Oc1ccc2[nH]nc(/C=C/c3cc(N)c(CN4CCOCC4)cc3F)c2c1)c1c(Cl)cncc1Cl. The maximum atomic E-state index is 14.9.